The second-order valence-electron chi connectivity index (χ2n) is 33.0. The molecule has 0 spiro atoms. The first-order valence-corrected chi connectivity index (χ1v) is 40.3. The molecule has 0 radical (unpaired) electrons. The molecule has 0 heteroatoms. The van der Waals surface area contributed by atoms with Gasteiger partial charge in [-0.05, 0) is 432 Å². The highest BCUT2D eigenvalue weighted by Gasteiger charge is 2.10. The second kappa shape index (κ2) is 40.2. The van der Waals surface area contributed by atoms with Crippen molar-refractivity contribution in [2.75, 3.05) is 0 Å². The molecule has 14 rings (SSSR count). The van der Waals surface area contributed by atoms with E-state index >= 15 is 0 Å². The van der Waals surface area contributed by atoms with Gasteiger partial charge in [0.05, 0.1) is 0 Å². The van der Waals surface area contributed by atoms with Crippen LogP contribution in [0.15, 0.2) is 218 Å². The van der Waals surface area contributed by atoms with Gasteiger partial charge in [-0.3, -0.25) is 0 Å². The molecule has 0 saturated carbocycles. The number of rotatable bonds is 4. The first-order chi connectivity index (χ1) is 52.7. The Balaban J connectivity index is 0.000000179. The SMILES string of the molecule is Cc1cc(C)c(C)cc1C.Cc1cc(C)c(C)cc1C.Cc1cc(C)c2cc(C)cc(C)c2c1.Cc1cc2cc(C)c(C)cc2cc1C.Cc1ccc(-c2ccc(C)c(C)c2)c(C)c1.Cc1ccc(-c2ccc(C)c(C)c2)c(C)c1.Cc1ccc(-c2ccc(C)c(C)c2)cc1C.Cc1ccc(-c2ccc(C)cc2C)c(C)c1. The average molecular weight is 1480 g/mol. The molecule has 0 saturated heterocycles. The zero-order valence-corrected chi connectivity index (χ0v) is 74.8. The highest BCUT2D eigenvalue weighted by molar-refractivity contribution is 5.90. The van der Waals surface area contributed by atoms with Gasteiger partial charge < -0.3 is 0 Å². The lowest BCUT2D eigenvalue weighted by atomic mass is 9.94. The molecule has 0 N–H and O–H groups in total. The third kappa shape index (κ3) is 24.8. The van der Waals surface area contributed by atoms with E-state index in [0.29, 0.717) is 0 Å². The van der Waals surface area contributed by atoms with E-state index in [-0.39, 0.29) is 0 Å². The summed E-state index contributed by atoms with van der Waals surface area (Å²) in [5.74, 6) is 0. The maximum Gasteiger partial charge on any atom is -0.0149 e. The molecule has 0 aliphatic heterocycles. The van der Waals surface area contributed by atoms with Crippen LogP contribution in [0.2, 0.25) is 0 Å². The minimum Gasteiger partial charge on any atom is -0.0587 e. The molecule has 14 aromatic rings. The molecule has 0 unspecified atom stereocenters. The van der Waals surface area contributed by atoms with Gasteiger partial charge in [0.15, 0.2) is 0 Å². The van der Waals surface area contributed by atoms with Crippen LogP contribution in [0, 0.1) is 222 Å². The van der Waals surface area contributed by atoms with Gasteiger partial charge in [0, 0.05) is 0 Å². The highest BCUT2D eigenvalue weighted by Crippen LogP contribution is 2.32. The van der Waals surface area contributed by atoms with Crippen molar-refractivity contribution in [2.45, 2.75) is 222 Å². The lowest BCUT2D eigenvalue weighted by Gasteiger charge is -2.10. The quantitative estimate of drug-likeness (QED) is 0.165. The maximum absolute atomic E-state index is 2.27. The zero-order valence-electron chi connectivity index (χ0n) is 74.8. The van der Waals surface area contributed by atoms with E-state index in [9.17, 15) is 0 Å². The van der Waals surface area contributed by atoms with Gasteiger partial charge in [0.25, 0.3) is 0 Å². The fourth-order valence-corrected chi connectivity index (χ4v) is 14.4. The van der Waals surface area contributed by atoms with Gasteiger partial charge in [-0.2, -0.15) is 0 Å². The predicted molar refractivity (Wildman–Crippen MR) is 500 cm³/mol. The van der Waals surface area contributed by atoms with Crippen molar-refractivity contribution >= 4 is 21.5 Å². The van der Waals surface area contributed by atoms with Crippen molar-refractivity contribution in [1.29, 1.82) is 0 Å². The Labute approximate surface area is 679 Å². The van der Waals surface area contributed by atoms with Crippen LogP contribution in [0.4, 0.5) is 0 Å². The van der Waals surface area contributed by atoms with Gasteiger partial charge in [-0.1, -0.05) is 252 Å². The molecule has 0 aliphatic rings. The van der Waals surface area contributed by atoms with Crippen LogP contribution in [0.5, 0.6) is 0 Å². The molecule has 0 aliphatic carbocycles. The van der Waals surface area contributed by atoms with Crippen molar-refractivity contribution in [3.05, 3.63) is 396 Å². The average Bonchev–Trinajstić information content (AvgIpc) is 0.817. The minimum absolute atomic E-state index is 1.31. The molecule has 14 aromatic carbocycles. The molecular weight excluding hydrogens is 1350 g/mol. The second-order valence-corrected chi connectivity index (χ2v) is 33.0. The summed E-state index contributed by atoms with van der Waals surface area (Å²) in [4.78, 5) is 0. The first kappa shape index (κ1) is 88.8. The molecule has 0 amide bonds. The largest absolute Gasteiger partial charge is 0.0587 e. The Morgan fingerprint density at radius 1 is 0.107 bits per heavy atom. The molecule has 0 aromatic heterocycles. The number of hydrogen-bond donors (Lipinski definition) is 0. The molecule has 0 atom stereocenters. The number of aryl methyl sites for hydroxylation is 32. The summed E-state index contributed by atoms with van der Waals surface area (Å²) < 4.78 is 0. The topological polar surface area (TPSA) is 0 Å². The Kier molecular flexibility index (Phi) is 31.9. The summed E-state index contributed by atoms with van der Waals surface area (Å²) >= 11 is 0. The zero-order chi connectivity index (χ0) is 82.9. The molecule has 0 fully saturated rings. The van der Waals surface area contributed by atoms with Crippen LogP contribution in [0.1, 0.15) is 178 Å². The Morgan fingerprint density at radius 2 is 0.295 bits per heavy atom. The van der Waals surface area contributed by atoms with Gasteiger partial charge in [0.1, 0.15) is 0 Å². The molecular formula is C112H132. The van der Waals surface area contributed by atoms with Crippen LogP contribution < -0.4 is 0 Å². The predicted octanol–water partition coefficient (Wildman–Crippen LogP) is 32.3. The number of benzene rings is 14. The fourth-order valence-electron chi connectivity index (χ4n) is 14.4. The van der Waals surface area contributed by atoms with Crippen molar-refractivity contribution in [3.8, 4) is 44.5 Å². The standard InChI is InChI=1S/4C16H18.2C14H16.2C10H14/c2*1-11-5-8-16(14(4)9-11)15-7-6-12(2)13(3)10-15;1-11-5-7-15(9-13(11)3)16-8-6-12(2)14(4)10-16;1-11-5-7-15(13(3)9-11)16-8-6-12(2)10-14(16)4;1-9-5-13-7-11(3)12(4)8-14(13)6-10(9)2;1-9-5-11(3)14-8-10(2)6-12(4)13(14)7-9;2*1-7-5-9(3)10(4)6-8(7)2/h4*5-10H,1-4H3;2*5-8H,1-4H3;2*5-6H,1-4H3. The van der Waals surface area contributed by atoms with Gasteiger partial charge >= 0.3 is 0 Å². The summed E-state index contributed by atoms with van der Waals surface area (Å²) in [5.41, 5.74) is 54.3. The van der Waals surface area contributed by atoms with Crippen molar-refractivity contribution in [1.82, 2.24) is 0 Å². The van der Waals surface area contributed by atoms with Crippen molar-refractivity contribution in [3.63, 3.8) is 0 Å². The van der Waals surface area contributed by atoms with Crippen molar-refractivity contribution in [2.24, 2.45) is 0 Å². The van der Waals surface area contributed by atoms with Crippen molar-refractivity contribution < 1.29 is 0 Å². The molecule has 112 heavy (non-hydrogen) atoms. The minimum atomic E-state index is 1.31. The Hall–Kier alpha value is -10.4. The molecule has 0 nitrogen and oxygen atoms in total. The summed E-state index contributed by atoms with van der Waals surface area (Å²) in [6.07, 6.45) is 0. The van der Waals surface area contributed by atoms with E-state index in [4.69, 9.17) is 0 Å². The van der Waals surface area contributed by atoms with E-state index < -0.39 is 0 Å². The smallest absolute Gasteiger partial charge is 0.0149 e. The Bertz CT molecular complexity index is 5140. The van der Waals surface area contributed by atoms with Crippen LogP contribution >= 0.6 is 0 Å². The summed E-state index contributed by atoms with van der Waals surface area (Å²) in [6.45, 7) is 69.2. The summed E-state index contributed by atoms with van der Waals surface area (Å²) in [5, 5.41) is 5.51. The molecule has 0 heterocycles. The van der Waals surface area contributed by atoms with Crippen LogP contribution in [0.3, 0.4) is 0 Å². The normalized spacial score (nSPS) is 10.5. The van der Waals surface area contributed by atoms with E-state index in [2.05, 4.69) is 440 Å². The third-order valence-corrected chi connectivity index (χ3v) is 22.9. The van der Waals surface area contributed by atoms with E-state index in [0.717, 1.165) is 0 Å². The highest BCUT2D eigenvalue weighted by atomic mass is 14.2. The van der Waals surface area contributed by atoms with Gasteiger partial charge in [-0.15, -0.1) is 0 Å². The number of hydrogen-bond acceptors (Lipinski definition) is 0. The lowest BCUT2D eigenvalue weighted by molar-refractivity contribution is 1.24. The van der Waals surface area contributed by atoms with E-state index in [1.54, 1.807) is 0 Å². The monoisotopic (exact) mass is 1480 g/mol. The first-order valence-electron chi connectivity index (χ1n) is 40.3. The van der Waals surface area contributed by atoms with E-state index in [1.165, 1.54) is 244 Å². The summed E-state index contributed by atoms with van der Waals surface area (Å²) in [7, 11) is 0. The van der Waals surface area contributed by atoms with Crippen LogP contribution in [-0.4, -0.2) is 0 Å². The van der Waals surface area contributed by atoms with E-state index in [1.807, 2.05) is 0 Å². The Morgan fingerprint density at radius 3 is 0.518 bits per heavy atom. The van der Waals surface area contributed by atoms with Crippen LogP contribution in [-0.2, 0) is 0 Å². The maximum atomic E-state index is 2.27. The van der Waals surface area contributed by atoms with Gasteiger partial charge in [-0.25, -0.2) is 0 Å². The van der Waals surface area contributed by atoms with Crippen LogP contribution in [0.25, 0.3) is 66.1 Å². The molecule has 0 bridgehead atoms. The fraction of sp³-hybridized carbons (Fsp3) is 0.286. The number of fused-ring (bicyclic) bond motifs is 2. The third-order valence-electron chi connectivity index (χ3n) is 22.9. The van der Waals surface area contributed by atoms with Gasteiger partial charge in [0.2, 0.25) is 0 Å². The molecule has 580 valence electrons. The lowest BCUT2D eigenvalue weighted by Crippen LogP contribution is -1.88. The summed E-state index contributed by atoms with van der Waals surface area (Å²) in [6, 6.07) is 80.4.